The van der Waals surface area contributed by atoms with E-state index in [-0.39, 0.29) is 0 Å². The lowest BCUT2D eigenvalue weighted by molar-refractivity contribution is 0.0967. The highest BCUT2D eigenvalue weighted by Crippen LogP contribution is 2.52. The van der Waals surface area contributed by atoms with Crippen molar-refractivity contribution in [3.05, 3.63) is 48.3 Å². The third kappa shape index (κ3) is 4.73. The summed E-state index contributed by atoms with van der Waals surface area (Å²) in [5, 5.41) is 4.30. The average Bonchev–Trinajstić information content (AvgIpc) is 3.15. The molecule has 5 rings (SSSR count). The van der Waals surface area contributed by atoms with Gasteiger partial charge in [-0.25, -0.2) is 4.68 Å². The molecule has 0 amide bonds. The second-order valence-electron chi connectivity index (χ2n) is 9.13. The Morgan fingerprint density at radius 2 is 1.76 bits per heavy atom. The van der Waals surface area contributed by atoms with Gasteiger partial charge < -0.3 is 9.64 Å². The van der Waals surface area contributed by atoms with E-state index in [1.165, 1.54) is 64.0 Å². The Balaban J connectivity index is 0.976. The molecular weight excluding hydrogens is 360 g/mol. The summed E-state index contributed by atoms with van der Waals surface area (Å²) in [4.78, 5) is 5.23. The fourth-order valence-corrected chi connectivity index (χ4v) is 5.34. The molecule has 1 aliphatic carbocycles. The van der Waals surface area contributed by atoms with Gasteiger partial charge in [0.15, 0.2) is 0 Å². The number of nitrogens with zero attached hydrogens (tertiary/aromatic N) is 4. The Labute approximate surface area is 174 Å². The van der Waals surface area contributed by atoms with Gasteiger partial charge in [-0.3, -0.25) is 4.90 Å². The molecule has 29 heavy (non-hydrogen) atoms. The van der Waals surface area contributed by atoms with Crippen LogP contribution in [0.1, 0.15) is 31.2 Å². The highest BCUT2D eigenvalue weighted by atomic mass is 16.5. The lowest BCUT2D eigenvalue weighted by Crippen LogP contribution is -2.31. The Morgan fingerprint density at radius 3 is 2.48 bits per heavy atom. The van der Waals surface area contributed by atoms with Gasteiger partial charge in [0.1, 0.15) is 0 Å². The molecule has 156 valence electrons. The van der Waals surface area contributed by atoms with Crippen molar-refractivity contribution in [1.29, 1.82) is 0 Å². The van der Waals surface area contributed by atoms with Gasteiger partial charge in [0.2, 0.25) is 0 Å². The van der Waals surface area contributed by atoms with Crippen molar-refractivity contribution in [2.24, 2.45) is 17.8 Å². The second-order valence-corrected chi connectivity index (χ2v) is 9.13. The number of hydrogen-bond donors (Lipinski definition) is 0. The van der Waals surface area contributed by atoms with Crippen LogP contribution in [0.4, 0.5) is 0 Å². The first-order chi connectivity index (χ1) is 14.4. The molecule has 2 aliphatic heterocycles. The number of fused-ring (bicyclic) bond motifs is 1. The van der Waals surface area contributed by atoms with Crippen molar-refractivity contribution in [1.82, 2.24) is 19.6 Å². The maximum atomic E-state index is 6.03. The smallest absolute Gasteiger partial charge is 0.0645 e. The van der Waals surface area contributed by atoms with Crippen LogP contribution < -0.4 is 0 Å². The Hall–Kier alpha value is -1.69. The SMILES string of the molecule is c1cnn(-c2ccc(CN3C[C@@H]4C(COCCCN5CCCCC5)[C@@H]4C3)cc2)c1. The van der Waals surface area contributed by atoms with Crippen molar-refractivity contribution in [2.45, 2.75) is 32.2 Å². The standard InChI is InChI=1S/C24H34N4O/c1-2-11-26(12-3-1)13-5-15-29-19-24-22-17-27(18-23(22)24)16-20-6-8-21(9-7-20)28-14-4-10-25-28/h4,6-10,14,22-24H,1-3,5,11-13,15-19H2/t22-,23+,24?. The molecular formula is C24H34N4O. The molecule has 1 aromatic carbocycles. The van der Waals surface area contributed by atoms with Gasteiger partial charge in [0.25, 0.3) is 0 Å². The molecule has 1 saturated carbocycles. The largest absolute Gasteiger partial charge is 0.381 e. The predicted molar refractivity (Wildman–Crippen MR) is 115 cm³/mol. The first kappa shape index (κ1) is 19.3. The van der Waals surface area contributed by atoms with E-state index in [1.807, 2.05) is 23.1 Å². The van der Waals surface area contributed by atoms with Gasteiger partial charge in [0, 0.05) is 45.2 Å². The van der Waals surface area contributed by atoms with Gasteiger partial charge >= 0.3 is 0 Å². The molecule has 1 unspecified atom stereocenters. The van der Waals surface area contributed by atoms with Crippen LogP contribution in [-0.2, 0) is 11.3 Å². The van der Waals surface area contributed by atoms with Crippen LogP contribution in [0.25, 0.3) is 5.69 Å². The maximum absolute atomic E-state index is 6.03. The number of rotatable bonds is 9. The van der Waals surface area contributed by atoms with Crippen LogP contribution in [0.2, 0.25) is 0 Å². The van der Waals surface area contributed by atoms with Crippen LogP contribution in [0.5, 0.6) is 0 Å². The molecule has 0 radical (unpaired) electrons. The van der Waals surface area contributed by atoms with Gasteiger partial charge in [-0.2, -0.15) is 5.10 Å². The average molecular weight is 395 g/mol. The summed E-state index contributed by atoms with van der Waals surface area (Å²) >= 11 is 0. The van der Waals surface area contributed by atoms with Crippen LogP contribution in [0.15, 0.2) is 42.7 Å². The van der Waals surface area contributed by atoms with Gasteiger partial charge in [-0.05, 0) is 73.9 Å². The molecule has 2 saturated heterocycles. The summed E-state index contributed by atoms with van der Waals surface area (Å²) in [5.41, 5.74) is 2.52. The second kappa shape index (κ2) is 8.99. The summed E-state index contributed by atoms with van der Waals surface area (Å²) in [5.74, 6) is 2.57. The predicted octanol–water partition coefficient (Wildman–Crippen LogP) is 3.44. The Kier molecular flexibility index (Phi) is 5.97. The molecule has 5 nitrogen and oxygen atoms in total. The summed E-state index contributed by atoms with van der Waals surface area (Å²) in [6, 6.07) is 10.8. The first-order valence-corrected chi connectivity index (χ1v) is 11.5. The fraction of sp³-hybridized carbons (Fsp3) is 0.625. The molecule has 3 fully saturated rings. The highest BCUT2D eigenvalue weighted by molar-refractivity contribution is 5.33. The van der Waals surface area contributed by atoms with Crippen LogP contribution >= 0.6 is 0 Å². The molecule has 0 spiro atoms. The first-order valence-electron chi connectivity index (χ1n) is 11.5. The van der Waals surface area contributed by atoms with Gasteiger partial charge in [-0.15, -0.1) is 0 Å². The lowest BCUT2D eigenvalue weighted by atomic mass is 10.1. The molecule has 5 heteroatoms. The van der Waals surface area contributed by atoms with E-state index in [0.717, 1.165) is 43.2 Å². The van der Waals surface area contributed by atoms with E-state index >= 15 is 0 Å². The van der Waals surface area contributed by atoms with E-state index in [1.54, 1.807) is 0 Å². The van der Waals surface area contributed by atoms with Crippen molar-refractivity contribution in [3.63, 3.8) is 0 Å². The van der Waals surface area contributed by atoms with Crippen molar-refractivity contribution >= 4 is 0 Å². The number of aromatic nitrogens is 2. The Morgan fingerprint density at radius 1 is 0.966 bits per heavy atom. The van der Waals surface area contributed by atoms with E-state index in [9.17, 15) is 0 Å². The zero-order valence-corrected chi connectivity index (χ0v) is 17.5. The maximum Gasteiger partial charge on any atom is 0.0645 e. The zero-order chi connectivity index (χ0) is 19.5. The number of piperidine rings is 2. The number of benzene rings is 1. The molecule has 1 aromatic heterocycles. The van der Waals surface area contributed by atoms with Crippen LogP contribution in [0, 0.1) is 17.8 Å². The van der Waals surface area contributed by atoms with Crippen molar-refractivity contribution < 1.29 is 4.74 Å². The highest BCUT2D eigenvalue weighted by Gasteiger charge is 2.55. The minimum absolute atomic E-state index is 0.823. The van der Waals surface area contributed by atoms with Crippen LogP contribution in [0.3, 0.4) is 0 Å². The topological polar surface area (TPSA) is 33.5 Å². The molecule has 3 atom stereocenters. The zero-order valence-electron chi connectivity index (χ0n) is 17.5. The van der Waals surface area contributed by atoms with E-state index in [2.05, 4.69) is 39.2 Å². The summed E-state index contributed by atoms with van der Waals surface area (Å²) in [6.45, 7) is 9.31. The normalized spacial score (nSPS) is 27.2. The third-order valence-corrected chi connectivity index (χ3v) is 7.08. The van der Waals surface area contributed by atoms with E-state index in [0.29, 0.717) is 0 Å². The summed E-state index contributed by atoms with van der Waals surface area (Å²) in [6.07, 6.45) is 9.19. The molecule has 3 heterocycles. The van der Waals surface area contributed by atoms with Crippen molar-refractivity contribution in [3.8, 4) is 5.69 Å². The molecule has 3 aliphatic rings. The van der Waals surface area contributed by atoms with E-state index < -0.39 is 0 Å². The quantitative estimate of drug-likeness (QED) is 0.610. The summed E-state index contributed by atoms with van der Waals surface area (Å²) in [7, 11) is 0. The summed E-state index contributed by atoms with van der Waals surface area (Å²) < 4.78 is 7.94. The van der Waals surface area contributed by atoms with Gasteiger partial charge in [0.05, 0.1) is 12.3 Å². The van der Waals surface area contributed by atoms with Gasteiger partial charge in [-0.1, -0.05) is 18.6 Å². The fourth-order valence-electron chi connectivity index (χ4n) is 5.34. The minimum Gasteiger partial charge on any atom is -0.381 e. The number of ether oxygens (including phenoxy) is 1. The Bertz CT molecular complexity index is 742. The molecule has 0 bridgehead atoms. The number of hydrogen-bond acceptors (Lipinski definition) is 4. The minimum atomic E-state index is 0.823. The number of likely N-dealkylation sites (tertiary alicyclic amines) is 2. The lowest BCUT2D eigenvalue weighted by Gasteiger charge is -2.26. The van der Waals surface area contributed by atoms with Crippen LogP contribution in [-0.4, -0.2) is 65.5 Å². The third-order valence-electron chi connectivity index (χ3n) is 7.08. The molecule has 0 N–H and O–H groups in total. The van der Waals surface area contributed by atoms with E-state index in [4.69, 9.17) is 4.74 Å². The van der Waals surface area contributed by atoms with Crippen molar-refractivity contribution in [2.75, 3.05) is 45.9 Å². The molecule has 2 aromatic rings. The monoisotopic (exact) mass is 394 g/mol.